The fourth-order valence-corrected chi connectivity index (χ4v) is 3.51. The van der Waals surface area contributed by atoms with Crippen LogP contribution >= 0.6 is 0 Å². The molecule has 0 radical (unpaired) electrons. The molecule has 2 heterocycles. The summed E-state index contributed by atoms with van der Waals surface area (Å²) in [6.45, 7) is 1.61. The molecule has 1 aliphatic heterocycles. The second-order valence-electron chi connectivity index (χ2n) is 6.80. The molecule has 1 aromatic carbocycles. The summed E-state index contributed by atoms with van der Waals surface area (Å²) in [6.07, 6.45) is 7.75. The largest absolute Gasteiger partial charge is 0.496 e. The molecule has 0 unspecified atom stereocenters. The van der Waals surface area contributed by atoms with Gasteiger partial charge in [-0.2, -0.15) is 0 Å². The Bertz CT molecular complexity index is 733. The molecule has 1 aliphatic rings. The normalized spacial score (nSPS) is 17.6. The van der Waals surface area contributed by atoms with Crippen molar-refractivity contribution in [2.24, 2.45) is 5.92 Å². The van der Waals surface area contributed by atoms with Crippen molar-refractivity contribution in [2.75, 3.05) is 25.9 Å². The van der Waals surface area contributed by atoms with Crippen LogP contribution in [-0.4, -0.2) is 41.0 Å². The molecular weight excluding hydrogens is 328 g/mol. The third-order valence-electron chi connectivity index (χ3n) is 4.96. The summed E-state index contributed by atoms with van der Waals surface area (Å²) in [6, 6.07) is 7.71. The molecule has 0 aliphatic carbocycles. The molecule has 1 fully saturated rings. The summed E-state index contributed by atoms with van der Waals surface area (Å²) in [5.74, 6) is 1.91. The van der Waals surface area contributed by atoms with E-state index < -0.39 is 0 Å². The second-order valence-corrected chi connectivity index (χ2v) is 6.80. The van der Waals surface area contributed by atoms with Crippen molar-refractivity contribution in [1.82, 2.24) is 14.9 Å². The maximum atomic E-state index is 12.7. The number of hydrogen-bond donors (Lipinski definition) is 1. The molecule has 2 N–H and O–H groups in total. The van der Waals surface area contributed by atoms with Crippen molar-refractivity contribution < 1.29 is 9.53 Å². The van der Waals surface area contributed by atoms with Crippen molar-refractivity contribution in [3.8, 4) is 5.75 Å². The Morgan fingerprint density at radius 2 is 2.08 bits per heavy atom. The first kappa shape index (κ1) is 18.2. The third kappa shape index (κ3) is 4.71. The van der Waals surface area contributed by atoms with Crippen LogP contribution in [0, 0.1) is 5.92 Å². The highest BCUT2D eigenvalue weighted by Crippen LogP contribution is 2.23. The number of rotatable bonds is 5. The first-order chi connectivity index (χ1) is 12.7. The number of hydrogen-bond acceptors (Lipinski definition) is 5. The maximum Gasteiger partial charge on any atom is 0.227 e. The van der Waals surface area contributed by atoms with Crippen molar-refractivity contribution in [3.63, 3.8) is 0 Å². The highest BCUT2D eigenvalue weighted by Gasteiger charge is 2.22. The summed E-state index contributed by atoms with van der Waals surface area (Å²) >= 11 is 0. The smallest absolute Gasteiger partial charge is 0.227 e. The lowest BCUT2D eigenvalue weighted by molar-refractivity contribution is -0.130. The Morgan fingerprint density at radius 1 is 1.23 bits per heavy atom. The summed E-state index contributed by atoms with van der Waals surface area (Å²) in [7, 11) is 1.64. The lowest BCUT2D eigenvalue weighted by Gasteiger charge is -2.21. The highest BCUT2D eigenvalue weighted by atomic mass is 16.5. The van der Waals surface area contributed by atoms with Gasteiger partial charge in [0, 0.05) is 18.7 Å². The molecule has 0 bridgehead atoms. The van der Waals surface area contributed by atoms with E-state index in [0.29, 0.717) is 18.2 Å². The number of amides is 1. The van der Waals surface area contributed by atoms with Crippen LogP contribution < -0.4 is 10.5 Å². The Kier molecular flexibility index (Phi) is 6.04. The number of ether oxygens (including phenoxy) is 1. The van der Waals surface area contributed by atoms with Gasteiger partial charge in [-0.15, -0.1) is 0 Å². The zero-order chi connectivity index (χ0) is 18.4. The molecule has 2 aromatic rings. The fraction of sp³-hybridized carbons (Fsp3) is 0.450. The fourth-order valence-electron chi connectivity index (χ4n) is 3.51. The van der Waals surface area contributed by atoms with Gasteiger partial charge in [0.25, 0.3) is 0 Å². The van der Waals surface area contributed by atoms with Crippen LogP contribution in [0.4, 0.5) is 5.82 Å². The lowest BCUT2D eigenvalue weighted by atomic mass is 9.95. The van der Waals surface area contributed by atoms with Crippen LogP contribution in [-0.2, 0) is 17.6 Å². The van der Waals surface area contributed by atoms with Crippen molar-refractivity contribution in [3.05, 3.63) is 47.9 Å². The van der Waals surface area contributed by atoms with Crippen LogP contribution in [0.3, 0.4) is 0 Å². The lowest BCUT2D eigenvalue weighted by Crippen LogP contribution is -2.33. The average molecular weight is 354 g/mol. The minimum Gasteiger partial charge on any atom is -0.496 e. The quantitative estimate of drug-likeness (QED) is 0.892. The number of benzene rings is 1. The van der Waals surface area contributed by atoms with Crippen LogP contribution in [0.2, 0.25) is 0 Å². The van der Waals surface area contributed by atoms with Gasteiger partial charge in [0.1, 0.15) is 11.6 Å². The van der Waals surface area contributed by atoms with Gasteiger partial charge < -0.3 is 15.4 Å². The van der Waals surface area contributed by atoms with Gasteiger partial charge in [0.05, 0.1) is 31.6 Å². The molecule has 0 saturated carbocycles. The molecule has 1 aromatic heterocycles. The van der Waals surface area contributed by atoms with E-state index >= 15 is 0 Å². The molecule has 138 valence electrons. The molecular formula is C20H26N4O2. The van der Waals surface area contributed by atoms with E-state index in [1.807, 2.05) is 29.2 Å². The van der Waals surface area contributed by atoms with Crippen molar-refractivity contribution in [2.45, 2.75) is 32.1 Å². The Balaban J connectivity index is 1.56. The van der Waals surface area contributed by atoms with Crippen molar-refractivity contribution >= 4 is 11.7 Å². The number of carbonyl (C=O) groups excluding carboxylic acids is 1. The highest BCUT2D eigenvalue weighted by molar-refractivity contribution is 5.79. The molecule has 26 heavy (non-hydrogen) atoms. The SMILES string of the molecule is COc1ccccc1CC(=O)N1CCC[C@H](Cc2cnc(N)cn2)CC1. The van der Waals surface area contributed by atoms with E-state index in [-0.39, 0.29) is 5.91 Å². The Morgan fingerprint density at radius 3 is 2.85 bits per heavy atom. The Hall–Kier alpha value is -2.63. The number of anilines is 1. The van der Waals surface area contributed by atoms with E-state index in [1.54, 1.807) is 19.5 Å². The zero-order valence-corrected chi connectivity index (χ0v) is 15.2. The van der Waals surface area contributed by atoms with E-state index in [4.69, 9.17) is 10.5 Å². The zero-order valence-electron chi connectivity index (χ0n) is 15.2. The van der Waals surface area contributed by atoms with Gasteiger partial charge in [-0.05, 0) is 37.7 Å². The summed E-state index contributed by atoms with van der Waals surface area (Å²) in [5.41, 5.74) is 7.51. The van der Waals surface area contributed by atoms with Gasteiger partial charge in [-0.3, -0.25) is 9.78 Å². The van der Waals surface area contributed by atoms with Gasteiger partial charge in [-0.25, -0.2) is 4.98 Å². The molecule has 3 rings (SSSR count). The second kappa shape index (κ2) is 8.65. The number of nitrogen functional groups attached to an aromatic ring is 1. The minimum absolute atomic E-state index is 0.169. The molecule has 1 amide bonds. The van der Waals surface area contributed by atoms with Gasteiger partial charge in [0.2, 0.25) is 5.91 Å². The summed E-state index contributed by atoms with van der Waals surface area (Å²) < 4.78 is 5.36. The molecule has 6 nitrogen and oxygen atoms in total. The number of nitrogens with two attached hydrogens (primary N) is 1. The summed E-state index contributed by atoms with van der Waals surface area (Å²) in [5, 5.41) is 0. The number of carbonyl (C=O) groups is 1. The first-order valence-electron chi connectivity index (χ1n) is 9.11. The van der Waals surface area contributed by atoms with E-state index in [0.717, 1.165) is 55.8 Å². The molecule has 6 heteroatoms. The standard InChI is InChI=1S/C20H26N4O2/c1-26-18-7-3-2-6-16(18)12-20(25)24-9-4-5-15(8-10-24)11-17-13-23-19(21)14-22-17/h2-3,6-7,13-15H,4-5,8-12H2,1H3,(H2,21,23)/t15-/m0/s1. The summed E-state index contributed by atoms with van der Waals surface area (Å²) in [4.78, 5) is 23.2. The van der Waals surface area contributed by atoms with E-state index in [9.17, 15) is 4.79 Å². The van der Waals surface area contributed by atoms with Gasteiger partial charge in [0.15, 0.2) is 0 Å². The number of para-hydroxylation sites is 1. The van der Waals surface area contributed by atoms with Crippen LogP contribution in [0.25, 0.3) is 0 Å². The number of nitrogens with zero attached hydrogens (tertiary/aromatic N) is 3. The maximum absolute atomic E-state index is 12.7. The molecule has 1 saturated heterocycles. The molecule has 1 atom stereocenters. The van der Waals surface area contributed by atoms with Crippen LogP contribution in [0.5, 0.6) is 5.75 Å². The number of likely N-dealkylation sites (tertiary alicyclic amines) is 1. The van der Waals surface area contributed by atoms with E-state index in [2.05, 4.69) is 9.97 Å². The van der Waals surface area contributed by atoms with E-state index in [1.165, 1.54) is 0 Å². The minimum atomic E-state index is 0.169. The van der Waals surface area contributed by atoms with Crippen molar-refractivity contribution in [1.29, 1.82) is 0 Å². The first-order valence-corrected chi connectivity index (χ1v) is 9.11. The topological polar surface area (TPSA) is 81.3 Å². The Labute approximate surface area is 154 Å². The molecule has 0 spiro atoms. The predicted octanol–water partition coefficient (Wildman–Crippen LogP) is 2.48. The van der Waals surface area contributed by atoms with Gasteiger partial charge >= 0.3 is 0 Å². The van der Waals surface area contributed by atoms with Crippen LogP contribution in [0.15, 0.2) is 36.7 Å². The number of aromatic nitrogens is 2. The van der Waals surface area contributed by atoms with Crippen LogP contribution in [0.1, 0.15) is 30.5 Å². The average Bonchev–Trinajstić information content (AvgIpc) is 2.90. The predicted molar refractivity (Wildman–Crippen MR) is 101 cm³/mol. The number of methoxy groups -OCH3 is 1. The third-order valence-corrected chi connectivity index (χ3v) is 4.96. The van der Waals surface area contributed by atoms with Gasteiger partial charge in [-0.1, -0.05) is 18.2 Å². The monoisotopic (exact) mass is 354 g/mol.